The van der Waals surface area contributed by atoms with Gasteiger partial charge in [0.25, 0.3) is 0 Å². The predicted octanol–water partition coefficient (Wildman–Crippen LogP) is 1.42. The summed E-state index contributed by atoms with van der Waals surface area (Å²) in [6, 6.07) is 8.40. The van der Waals surface area contributed by atoms with Crippen molar-refractivity contribution in [1.82, 2.24) is 4.31 Å². The van der Waals surface area contributed by atoms with E-state index in [-0.39, 0.29) is 36.6 Å². The molecule has 0 fully saturated rings. The van der Waals surface area contributed by atoms with Gasteiger partial charge < -0.3 is 4.74 Å². The fraction of sp³-hybridized carbons (Fsp3) is 0.429. The van der Waals surface area contributed by atoms with E-state index in [4.69, 9.17) is 15.3 Å². The van der Waals surface area contributed by atoms with Crippen molar-refractivity contribution in [3.8, 4) is 12.1 Å². The molecule has 0 aromatic heterocycles. The molecule has 0 unspecified atom stereocenters. The zero-order chi connectivity index (χ0) is 15.9. The maximum absolute atomic E-state index is 12.7. The number of methoxy groups -OCH3 is 1. The number of sulfonamides is 1. The molecule has 0 saturated heterocycles. The van der Waals surface area contributed by atoms with Crippen LogP contribution in [0.3, 0.4) is 0 Å². The van der Waals surface area contributed by atoms with E-state index in [0.29, 0.717) is 5.56 Å². The lowest BCUT2D eigenvalue weighted by molar-refractivity contribution is 0.179. The van der Waals surface area contributed by atoms with Crippen LogP contribution in [-0.2, 0) is 14.8 Å². The second-order valence-electron chi connectivity index (χ2n) is 4.40. The highest BCUT2D eigenvalue weighted by Crippen LogP contribution is 2.21. The van der Waals surface area contributed by atoms with Crippen molar-refractivity contribution in [2.75, 3.05) is 26.8 Å². The molecule has 0 aliphatic rings. The molecule has 6 nitrogen and oxygen atoms in total. The summed E-state index contributed by atoms with van der Waals surface area (Å²) in [6.07, 6.45) is 0.0972. The molecule has 0 bridgehead atoms. The first kappa shape index (κ1) is 17.1. The minimum atomic E-state index is -3.76. The van der Waals surface area contributed by atoms with Gasteiger partial charge in [0, 0.05) is 26.6 Å². The van der Waals surface area contributed by atoms with Crippen molar-refractivity contribution < 1.29 is 13.2 Å². The fourth-order valence-corrected chi connectivity index (χ4v) is 3.48. The van der Waals surface area contributed by atoms with E-state index in [1.54, 1.807) is 19.1 Å². The van der Waals surface area contributed by atoms with Gasteiger partial charge in [0.15, 0.2) is 0 Å². The van der Waals surface area contributed by atoms with Crippen LogP contribution in [0.4, 0.5) is 0 Å². The van der Waals surface area contributed by atoms with Crippen molar-refractivity contribution in [3.63, 3.8) is 0 Å². The third-order valence-corrected chi connectivity index (χ3v) is 4.99. The first-order chi connectivity index (χ1) is 9.97. The lowest BCUT2D eigenvalue weighted by atomic mass is 10.2. The summed E-state index contributed by atoms with van der Waals surface area (Å²) in [5.74, 6) is 0. The average Bonchev–Trinajstić information content (AvgIpc) is 2.47. The van der Waals surface area contributed by atoms with E-state index in [2.05, 4.69) is 0 Å². The minimum absolute atomic E-state index is 0.0931. The molecule has 1 aromatic carbocycles. The molecule has 0 N–H and O–H groups in total. The smallest absolute Gasteiger partial charge is 0.243 e. The molecular formula is C14H17N3O3S. The van der Waals surface area contributed by atoms with Crippen LogP contribution in [0.1, 0.15) is 17.5 Å². The van der Waals surface area contributed by atoms with Crippen LogP contribution in [0.25, 0.3) is 0 Å². The highest BCUT2D eigenvalue weighted by molar-refractivity contribution is 7.89. The number of nitriles is 2. The lowest BCUT2D eigenvalue weighted by Gasteiger charge is -2.22. The van der Waals surface area contributed by atoms with E-state index in [9.17, 15) is 8.42 Å². The van der Waals surface area contributed by atoms with E-state index < -0.39 is 10.0 Å². The maximum Gasteiger partial charge on any atom is 0.243 e. The molecule has 1 rings (SSSR count). The molecule has 0 aliphatic heterocycles. The minimum Gasteiger partial charge on any atom is -0.383 e. The number of nitrogens with zero attached hydrogens (tertiary/aromatic N) is 3. The van der Waals surface area contributed by atoms with E-state index >= 15 is 0 Å². The molecule has 0 heterocycles. The molecule has 0 atom stereocenters. The molecular weight excluding hydrogens is 290 g/mol. The number of ether oxygens (including phenoxy) is 1. The van der Waals surface area contributed by atoms with Crippen LogP contribution in [0, 0.1) is 29.6 Å². The molecule has 0 spiro atoms. The standard InChI is InChI=1S/C14H17N3O3S/c1-12-4-5-13(11-16)10-14(12)21(18,19)17(7-3-6-15)8-9-20-2/h4-5,10H,3,7-9H2,1-2H3. The van der Waals surface area contributed by atoms with Gasteiger partial charge in [-0.2, -0.15) is 14.8 Å². The Balaban J connectivity index is 3.22. The van der Waals surface area contributed by atoms with Crippen molar-refractivity contribution >= 4 is 10.0 Å². The Hall–Kier alpha value is -1.93. The van der Waals surface area contributed by atoms with Crippen LogP contribution >= 0.6 is 0 Å². The normalized spacial score (nSPS) is 11.1. The predicted molar refractivity (Wildman–Crippen MR) is 76.8 cm³/mol. The molecule has 21 heavy (non-hydrogen) atoms. The first-order valence-electron chi connectivity index (χ1n) is 6.34. The van der Waals surface area contributed by atoms with E-state index in [0.717, 1.165) is 0 Å². The summed E-state index contributed by atoms with van der Waals surface area (Å²) in [7, 11) is -2.27. The molecule has 0 saturated carbocycles. The highest BCUT2D eigenvalue weighted by Gasteiger charge is 2.25. The van der Waals surface area contributed by atoms with Gasteiger partial charge in [-0.25, -0.2) is 8.42 Å². The third kappa shape index (κ3) is 4.27. The maximum atomic E-state index is 12.7. The van der Waals surface area contributed by atoms with Gasteiger partial charge in [-0.3, -0.25) is 0 Å². The second-order valence-corrected chi connectivity index (χ2v) is 6.30. The van der Waals surface area contributed by atoms with Gasteiger partial charge in [-0.05, 0) is 24.6 Å². The zero-order valence-corrected chi connectivity index (χ0v) is 12.9. The highest BCUT2D eigenvalue weighted by atomic mass is 32.2. The summed E-state index contributed by atoms with van der Waals surface area (Å²) in [5, 5.41) is 17.6. The Morgan fingerprint density at radius 1 is 1.29 bits per heavy atom. The van der Waals surface area contributed by atoms with E-state index in [1.807, 2.05) is 12.1 Å². The number of hydrogen-bond donors (Lipinski definition) is 0. The van der Waals surface area contributed by atoms with Gasteiger partial charge in [0.05, 0.1) is 29.2 Å². The van der Waals surface area contributed by atoms with Crippen LogP contribution < -0.4 is 0 Å². The number of rotatable bonds is 7. The Bertz CT molecular complexity index is 672. The van der Waals surface area contributed by atoms with Gasteiger partial charge in [-0.15, -0.1) is 0 Å². The van der Waals surface area contributed by atoms with Gasteiger partial charge in [0.2, 0.25) is 10.0 Å². The largest absolute Gasteiger partial charge is 0.383 e. The molecule has 7 heteroatoms. The fourth-order valence-electron chi connectivity index (χ4n) is 1.81. The Morgan fingerprint density at radius 3 is 2.57 bits per heavy atom. The number of hydrogen-bond acceptors (Lipinski definition) is 5. The van der Waals surface area contributed by atoms with Crippen LogP contribution in [-0.4, -0.2) is 39.5 Å². The van der Waals surface area contributed by atoms with Crippen LogP contribution in [0.5, 0.6) is 0 Å². The summed E-state index contributed by atoms with van der Waals surface area (Å²) in [4.78, 5) is 0.0931. The monoisotopic (exact) mass is 307 g/mol. The van der Waals surface area contributed by atoms with Crippen molar-refractivity contribution in [2.24, 2.45) is 0 Å². The van der Waals surface area contributed by atoms with Crippen molar-refractivity contribution in [2.45, 2.75) is 18.2 Å². The van der Waals surface area contributed by atoms with Gasteiger partial charge in [0.1, 0.15) is 0 Å². The van der Waals surface area contributed by atoms with E-state index in [1.165, 1.54) is 17.5 Å². The summed E-state index contributed by atoms with van der Waals surface area (Å²) in [5.41, 5.74) is 0.847. The Kier molecular flexibility index (Phi) is 6.32. The second kappa shape index (κ2) is 7.75. The van der Waals surface area contributed by atoms with Gasteiger partial charge in [-0.1, -0.05) is 6.07 Å². The molecule has 0 amide bonds. The van der Waals surface area contributed by atoms with Crippen LogP contribution in [0.15, 0.2) is 23.1 Å². The topological polar surface area (TPSA) is 94.2 Å². The third-order valence-electron chi connectivity index (χ3n) is 2.95. The zero-order valence-electron chi connectivity index (χ0n) is 12.0. The number of aryl methyl sites for hydroxylation is 1. The molecule has 0 aliphatic carbocycles. The van der Waals surface area contributed by atoms with Crippen LogP contribution in [0.2, 0.25) is 0 Å². The molecule has 0 radical (unpaired) electrons. The summed E-state index contributed by atoms with van der Waals surface area (Å²) >= 11 is 0. The number of benzene rings is 1. The SMILES string of the molecule is COCCN(CCC#N)S(=O)(=O)c1cc(C#N)ccc1C. The summed E-state index contributed by atoms with van der Waals surface area (Å²) in [6.45, 7) is 2.17. The van der Waals surface area contributed by atoms with Crippen molar-refractivity contribution in [1.29, 1.82) is 10.5 Å². The van der Waals surface area contributed by atoms with Crippen molar-refractivity contribution in [3.05, 3.63) is 29.3 Å². The Morgan fingerprint density at radius 2 is 2.00 bits per heavy atom. The quantitative estimate of drug-likeness (QED) is 0.759. The average molecular weight is 307 g/mol. The molecule has 112 valence electrons. The summed E-state index contributed by atoms with van der Waals surface area (Å²) < 4.78 is 31.5. The Labute approximate surface area is 125 Å². The first-order valence-corrected chi connectivity index (χ1v) is 7.78. The molecule has 1 aromatic rings. The van der Waals surface area contributed by atoms with Gasteiger partial charge >= 0.3 is 0 Å². The lowest BCUT2D eigenvalue weighted by Crippen LogP contribution is -2.35.